The fraction of sp³-hybridized carbons (Fsp3) is 0.650. The van der Waals surface area contributed by atoms with Crippen LogP contribution in [0.1, 0.15) is 43.2 Å². The van der Waals surface area contributed by atoms with Gasteiger partial charge in [0.2, 0.25) is 5.91 Å². The maximum absolute atomic E-state index is 12.6. The molecule has 2 saturated heterocycles. The minimum atomic E-state index is 0.251. The van der Waals surface area contributed by atoms with Crippen molar-refractivity contribution in [2.45, 2.75) is 52.0 Å². The molecule has 3 rings (SSSR count). The Labute approximate surface area is 151 Å². The van der Waals surface area contributed by atoms with Crippen molar-refractivity contribution in [3.8, 4) is 0 Å². The summed E-state index contributed by atoms with van der Waals surface area (Å²) in [5.74, 6) is 0.251. The Kier molecular flexibility index (Phi) is 6.32. The number of piperidine rings is 1. The third kappa shape index (κ3) is 5.19. The van der Waals surface area contributed by atoms with Gasteiger partial charge in [0.05, 0.1) is 6.61 Å². The molecule has 1 aromatic carbocycles. The maximum atomic E-state index is 12.6. The van der Waals surface area contributed by atoms with Crippen molar-refractivity contribution in [3.05, 3.63) is 29.3 Å². The number of rotatable bonds is 5. The molecule has 0 bridgehead atoms. The van der Waals surface area contributed by atoms with Crippen molar-refractivity contribution < 1.29 is 9.63 Å². The highest BCUT2D eigenvalue weighted by molar-refractivity contribution is 5.76. The number of carbonyl (C=O) groups is 1. The van der Waals surface area contributed by atoms with E-state index in [9.17, 15) is 4.79 Å². The summed E-state index contributed by atoms with van der Waals surface area (Å²) in [5, 5.41) is 5.56. The number of anilines is 1. The van der Waals surface area contributed by atoms with Crippen molar-refractivity contribution in [1.82, 2.24) is 9.96 Å². The van der Waals surface area contributed by atoms with Crippen LogP contribution in [0.2, 0.25) is 0 Å². The van der Waals surface area contributed by atoms with Crippen LogP contribution in [0.15, 0.2) is 18.2 Å². The van der Waals surface area contributed by atoms with Crippen LogP contribution in [0.3, 0.4) is 0 Å². The SMILES string of the molecule is Cc1ccc(NC2CCCN(C(=O)CCN3CCCCO3)C2)cc1C. The predicted molar refractivity (Wildman–Crippen MR) is 101 cm³/mol. The van der Waals surface area contributed by atoms with Crippen molar-refractivity contribution in [1.29, 1.82) is 0 Å². The molecule has 2 aliphatic heterocycles. The van der Waals surface area contributed by atoms with Gasteiger partial charge in [0, 0.05) is 44.3 Å². The smallest absolute Gasteiger partial charge is 0.224 e. The molecule has 2 fully saturated rings. The van der Waals surface area contributed by atoms with Crippen LogP contribution in [0.4, 0.5) is 5.69 Å². The van der Waals surface area contributed by atoms with Crippen LogP contribution in [0.5, 0.6) is 0 Å². The van der Waals surface area contributed by atoms with Crippen molar-refractivity contribution in [2.24, 2.45) is 0 Å². The minimum absolute atomic E-state index is 0.251. The van der Waals surface area contributed by atoms with Crippen molar-refractivity contribution in [3.63, 3.8) is 0 Å². The number of aryl methyl sites for hydroxylation is 2. The number of amides is 1. The van der Waals surface area contributed by atoms with E-state index in [1.807, 2.05) is 9.96 Å². The zero-order chi connectivity index (χ0) is 17.6. The molecular weight excluding hydrogens is 314 g/mol. The summed E-state index contributed by atoms with van der Waals surface area (Å²) < 4.78 is 0. The largest absolute Gasteiger partial charge is 0.381 e. The average molecular weight is 345 g/mol. The molecule has 0 saturated carbocycles. The summed E-state index contributed by atoms with van der Waals surface area (Å²) in [6.45, 7) is 8.40. The number of nitrogens with zero attached hydrogens (tertiary/aromatic N) is 2. The Morgan fingerprint density at radius 3 is 2.84 bits per heavy atom. The van der Waals surface area contributed by atoms with Crippen LogP contribution in [-0.4, -0.2) is 54.7 Å². The molecule has 25 heavy (non-hydrogen) atoms. The van der Waals surface area contributed by atoms with Gasteiger partial charge in [-0.1, -0.05) is 6.07 Å². The van der Waals surface area contributed by atoms with E-state index in [2.05, 4.69) is 37.4 Å². The first-order valence-electron chi connectivity index (χ1n) is 9.61. The Bertz CT molecular complexity index is 584. The molecule has 138 valence electrons. The third-order valence-electron chi connectivity index (χ3n) is 5.30. The van der Waals surface area contributed by atoms with E-state index >= 15 is 0 Å². The van der Waals surface area contributed by atoms with E-state index in [1.165, 1.54) is 17.5 Å². The lowest BCUT2D eigenvalue weighted by atomic mass is 10.0. The predicted octanol–water partition coefficient (Wildman–Crippen LogP) is 3.12. The highest BCUT2D eigenvalue weighted by atomic mass is 16.7. The van der Waals surface area contributed by atoms with Crippen molar-refractivity contribution in [2.75, 3.05) is 38.1 Å². The van der Waals surface area contributed by atoms with Gasteiger partial charge in [-0.05, 0) is 62.8 Å². The monoisotopic (exact) mass is 345 g/mol. The van der Waals surface area contributed by atoms with Gasteiger partial charge >= 0.3 is 0 Å². The molecule has 2 aliphatic rings. The summed E-state index contributed by atoms with van der Waals surface area (Å²) >= 11 is 0. The first-order valence-corrected chi connectivity index (χ1v) is 9.61. The van der Waals surface area contributed by atoms with Crippen LogP contribution >= 0.6 is 0 Å². The molecule has 5 heteroatoms. The van der Waals surface area contributed by atoms with E-state index in [0.717, 1.165) is 51.2 Å². The minimum Gasteiger partial charge on any atom is -0.381 e. The molecule has 0 radical (unpaired) electrons. The molecule has 2 heterocycles. The Morgan fingerprint density at radius 1 is 1.20 bits per heavy atom. The molecular formula is C20H31N3O2. The lowest BCUT2D eigenvalue weighted by Crippen LogP contribution is -2.46. The molecule has 1 N–H and O–H groups in total. The zero-order valence-corrected chi connectivity index (χ0v) is 15.6. The fourth-order valence-electron chi connectivity index (χ4n) is 3.59. The quantitative estimate of drug-likeness (QED) is 0.890. The summed E-state index contributed by atoms with van der Waals surface area (Å²) in [7, 11) is 0. The maximum Gasteiger partial charge on any atom is 0.224 e. The van der Waals surface area contributed by atoms with Gasteiger partial charge in [0.15, 0.2) is 0 Å². The molecule has 5 nitrogen and oxygen atoms in total. The number of likely N-dealkylation sites (tertiary alicyclic amines) is 1. The average Bonchev–Trinajstić information content (AvgIpc) is 2.64. The number of hydrogen-bond acceptors (Lipinski definition) is 4. The van der Waals surface area contributed by atoms with E-state index in [0.29, 0.717) is 19.0 Å². The fourth-order valence-corrected chi connectivity index (χ4v) is 3.59. The first-order chi connectivity index (χ1) is 12.1. The molecule has 1 unspecified atom stereocenters. The molecule has 1 amide bonds. The number of benzene rings is 1. The molecule has 0 aromatic heterocycles. The second-order valence-electron chi connectivity index (χ2n) is 7.34. The van der Waals surface area contributed by atoms with Crippen LogP contribution < -0.4 is 5.32 Å². The number of hydroxylamine groups is 2. The van der Waals surface area contributed by atoms with Crippen LogP contribution in [0.25, 0.3) is 0 Å². The summed E-state index contributed by atoms with van der Waals surface area (Å²) in [5.41, 5.74) is 3.77. The lowest BCUT2D eigenvalue weighted by Gasteiger charge is -2.34. The Balaban J connectivity index is 1.48. The normalized spacial score (nSPS) is 22.0. The summed E-state index contributed by atoms with van der Waals surface area (Å²) in [6.07, 6.45) is 5.03. The number of nitrogens with one attached hydrogen (secondary N) is 1. The Morgan fingerprint density at radius 2 is 2.08 bits per heavy atom. The summed E-state index contributed by atoms with van der Waals surface area (Å²) in [4.78, 5) is 20.2. The van der Waals surface area contributed by atoms with E-state index < -0.39 is 0 Å². The number of carbonyl (C=O) groups excluding carboxylic acids is 1. The van der Waals surface area contributed by atoms with E-state index in [4.69, 9.17) is 4.84 Å². The molecule has 0 spiro atoms. The second-order valence-corrected chi connectivity index (χ2v) is 7.34. The van der Waals surface area contributed by atoms with Gasteiger partial charge < -0.3 is 10.2 Å². The van der Waals surface area contributed by atoms with Gasteiger partial charge in [-0.15, -0.1) is 0 Å². The third-order valence-corrected chi connectivity index (χ3v) is 5.30. The van der Waals surface area contributed by atoms with Crippen molar-refractivity contribution >= 4 is 11.6 Å². The zero-order valence-electron chi connectivity index (χ0n) is 15.6. The molecule has 1 aromatic rings. The van der Waals surface area contributed by atoms with Gasteiger partial charge in [-0.3, -0.25) is 9.63 Å². The highest BCUT2D eigenvalue weighted by Gasteiger charge is 2.24. The molecule has 1 atom stereocenters. The van der Waals surface area contributed by atoms with E-state index in [1.54, 1.807) is 0 Å². The lowest BCUT2D eigenvalue weighted by molar-refractivity contribution is -0.182. The van der Waals surface area contributed by atoms with E-state index in [-0.39, 0.29) is 5.91 Å². The topological polar surface area (TPSA) is 44.8 Å². The van der Waals surface area contributed by atoms with Gasteiger partial charge in [0.1, 0.15) is 0 Å². The number of hydrogen-bond donors (Lipinski definition) is 1. The van der Waals surface area contributed by atoms with Gasteiger partial charge in [-0.2, -0.15) is 5.06 Å². The van der Waals surface area contributed by atoms with Crippen LogP contribution in [-0.2, 0) is 9.63 Å². The Hall–Kier alpha value is -1.59. The standard InChI is InChI=1S/C20H31N3O2/c1-16-7-8-18(14-17(16)2)21-19-6-5-10-22(15-19)20(24)9-12-23-11-3-4-13-25-23/h7-8,14,19,21H,3-6,9-13,15H2,1-2H3. The summed E-state index contributed by atoms with van der Waals surface area (Å²) in [6, 6.07) is 6.83. The van der Waals surface area contributed by atoms with Crippen LogP contribution in [0, 0.1) is 13.8 Å². The molecule has 0 aliphatic carbocycles. The highest BCUT2D eigenvalue weighted by Crippen LogP contribution is 2.19. The van der Waals surface area contributed by atoms with Gasteiger partial charge in [-0.25, -0.2) is 0 Å². The second kappa shape index (κ2) is 8.68. The van der Waals surface area contributed by atoms with Gasteiger partial charge in [0.25, 0.3) is 0 Å². The first kappa shape index (κ1) is 18.2.